The summed E-state index contributed by atoms with van der Waals surface area (Å²) in [5.41, 5.74) is 2.33. The second-order valence-corrected chi connectivity index (χ2v) is 6.46. The van der Waals surface area contributed by atoms with Crippen LogP contribution >= 0.6 is 11.6 Å². The van der Waals surface area contributed by atoms with Crippen molar-refractivity contribution in [2.45, 2.75) is 20.3 Å². The first-order valence-corrected chi connectivity index (χ1v) is 8.70. The van der Waals surface area contributed by atoms with Gasteiger partial charge in [0.1, 0.15) is 11.5 Å². The van der Waals surface area contributed by atoms with Gasteiger partial charge in [-0.25, -0.2) is 4.39 Å². The molecule has 2 aromatic carbocycles. The molecule has 2 aromatic rings. The van der Waals surface area contributed by atoms with Gasteiger partial charge in [0.25, 0.3) is 11.8 Å². The molecule has 1 heterocycles. The van der Waals surface area contributed by atoms with Crippen LogP contribution in [-0.2, 0) is 9.59 Å². The van der Waals surface area contributed by atoms with E-state index in [-0.39, 0.29) is 17.2 Å². The lowest BCUT2D eigenvalue weighted by molar-refractivity contribution is -0.136. The minimum Gasteiger partial charge on any atom is -0.350 e. The van der Waals surface area contributed by atoms with Gasteiger partial charge in [0.05, 0.1) is 5.57 Å². The van der Waals surface area contributed by atoms with Crippen LogP contribution in [0.3, 0.4) is 0 Å². The largest absolute Gasteiger partial charge is 0.350 e. The molecule has 134 valence electrons. The summed E-state index contributed by atoms with van der Waals surface area (Å²) < 4.78 is 13.3. The third-order valence-electron chi connectivity index (χ3n) is 4.28. The molecule has 6 heteroatoms. The molecule has 2 amide bonds. The van der Waals surface area contributed by atoms with Gasteiger partial charge in [-0.05, 0) is 48.7 Å². The maximum atomic E-state index is 13.3. The number of nitrogens with zero attached hydrogens (tertiary/aromatic N) is 1. The number of benzene rings is 2. The van der Waals surface area contributed by atoms with Crippen molar-refractivity contribution in [3.05, 3.63) is 70.1 Å². The van der Waals surface area contributed by atoms with E-state index in [4.69, 9.17) is 11.6 Å². The van der Waals surface area contributed by atoms with Crippen LogP contribution in [0.25, 0.3) is 5.57 Å². The number of hydrogen-bond donors (Lipinski definition) is 1. The van der Waals surface area contributed by atoms with E-state index in [1.165, 1.54) is 29.2 Å². The number of hydrogen-bond acceptors (Lipinski definition) is 3. The Balaban J connectivity index is 2.10. The lowest BCUT2D eigenvalue weighted by atomic mass is 10.0. The van der Waals surface area contributed by atoms with E-state index in [1.54, 1.807) is 18.2 Å². The number of halogens is 2. The van der Waals surface area contributed by atoms with Crippen LogP contribution in [0.4, 0.5) is 10.1 Å². The van der Waals surface area contributed by atoms with E-state index in [2.05, 4.69) is 5.32 Å². The average molecular weight is 373 g/mol. The predicted octanol–water partition coefficient (Wildman–Crippen LogP) is 4.39. The van der Waals surface area contributed by atoms with Crippen molar-refractivity contribution < 1.29 is 14.0 Å². The second-order valence-electron chi connectivity index (χ2n) is 6.06. The van der Waals surface area contributed by atoms with Crippen LogP contribution in [0.15, 0.2) is 48.2 Å². The Morgan fingerprint density at radius 1 is 1.08 bits per heavy atom. The molecule has 0 spiro atoms. The Hall–Kier alpha value is -2.66. The second kappa shape index (κ2) is 7.30. The fourth-order valence-corrected chi connectivity index (χ4v) is 3.06. The highest BCUT2D eigenvalue weighted by molar-refractivity contribution is 6.36. The summed E-state index contributed by atoms with van der Waals surface area (Å²) in [7, 11) is 0. The van der Waals surface area contributed by atoms with Gasteiger partial charge in [-0.1, -0.05) is 36.7 Å². The van der Waals surface area contributed by atoms with E-state index in [9.17, 15) is 14.0 Å². The van der Waals surface area contributed by atoms with E-state index >= 15 is 0 Å². The minimum absolute atomic E-state index is 0.181. The Labute approximate surface area is 156 Å². The monoisotopic (exact) mass is 372 g/mol. The summed E-state index contributed by atoms with van der Waals surface area (Å²) in [6, 6.07) is 10.8. The van der Waals surface area contributed by atoms with Gasteiger partial charge in [0, 0.05) is 17.3 Å². The normalized spacial score (nSPS) is 14.4. The highest BCUT2D eigenvalue weighted by atomic mass is 35.5. The summed E-state index contributed by atoms with van der Waals surface area (Å²) in [6.45, 7) is 4.04. The van der Waals surface area contributed by atoms with Crippen molar-refractivity contribution in [1.82, 2.24) is 4.90 Å². The molecule has 0 bridgehead atoms. The molecule has 0 unspecified atom stereocenters. The molecule has 1 aliphatic rings. The van der Waals surface area contributed by atoms with Crippen molar-refractivity contribution in [2.75, 3.05) is 11.9 Å². The third-order valence-corrected chi connectivity index (χ3v) is 4.68. The van der Waals surface area contributed by atoms with Crippen LogP contribution < -0.4 is 5.32 Å². The fourth-order valence-electron chi connectivity index (χ4n) is 2.88. The van der Waals surface area contributed by atoms with Crippen molar-refractivity contribution in [3.63, 3.8) is 0 Å². The van der Waals surface area contributed by atoms with Crippen molar-refractivity contribution in [3.8, 4) is 0 Å². The van der Waals surface area contributed by atoms with E-state index in [0.717, 1.165) is 5.56 Å². The lowest BCUT2D eigenvalue weighted by Gasteiger charge is -2.14. The Morgan fingerprint density at radius 3 is 2.42 bits per heavy atom. The standard InChI is InChI=1S/C20H18ClFN2O2/c1-3-11-24-19(25)17(13-7-9-14(22)10-8-13)18(20(24)26)23-16-6-4-5-15(21)12(16)2/h4-10,23H,3,11H2,1-2H3. The fraction of sp³-hybridized carbons (Fsp3) is 0.200. The summed E-state index contributed by atoms with van der Waals surface area (Å²) >= 11 is 6.15. The van der Waals surface area contributed by atoms with Crippen LogP contribution in [0.5, 0.6) is 0 Å². The zero-order valence-electron chi connectivity index (χ0n) is 14.5. The highest BCUT2D eigenvalue weighted by Crippen LogP contribution is 2.32. The Morgan fingerprint density at radius 2 is 1.77 bits per heavy atom. The number of imide groups is 1. The van der Waals surface area contributed by atoms with Gasteiger partial charge in [0.2, 0.25) is 0 Å². The summed E-state index contributed by atoms with van der Waals surface area (Å²) in [5, 5.41) is 3.63. The topological polar surface area (TPSA) is 49.4 Å². The Bertz CT molecular complexity index is 907. The molecule has 1 aliphatic heterocycles. The molecule has 3 rings (SSSR count). The molecule has 4 nitrogen and oxygen atoms in total. The minimum atomic E-state index is -0.406. The zero-order chi connectivity index (χ0) is 18.8. The van der Waals surface area contributed by atoms with E-state index in [0.29, 0.717) is 29.2 Å². The molecule has 0 saturated carbocycles. The molecular weight excluding hydrogens is 355 g/mol. The summed E-state index contributed by atoms with van der Waals surface area (Å²) in [6.07, 6.45) is 0.650. The first kappa shape index (κ1) is 18.1. The zero-order valence-corrected chi connectivity index (χ0v) is 15.2. The quantitative estimate of drug-likeness (QED) is 0.792. The van der Waals surface area contributed by atoms with Gasteiger partial charge in [0.15, 0.2) is 0 Å². The first-order valence-electron chi connectivity index (χ1n) is 8.32. The third kappa shape index (κ3) is 3.22. The molecular formula is C20H18ClFN2O2. The van der Waals surface area contributed by atoms with Gasteiger partial charge in [-0.15, -0.1) is 0 Å². The number of carbonyl (C=O) groups is 2. The van der Waals surface area contributed by atoms with Gasteiger partial charge in [-0.3, -0.25) is 14.5 Å². The molecule has 0 radical (unpaired) electrons. The number of rotatable bonds is 5. The Kier molecular flexibility index (Phi) is 5.09. The van der Waals surface area contributed by atoms with Crippen molar-refractivity contribution in [2.24, 2.45) is 0 Å². The average Bonchev–Trinajstić information content (AvgIpc) is 2.85. The number of carbonyl (C=O) groups excluding carboxylic acids is 2. The molecule has 1 N–H and O–H groups in total. The SMILES string of the molecule is CCCN1C(=O)C(Nc2cccc(Cl)c2C)=C(c2ccc(F)cc2)C1=O. The van der Waals surface area contributed by atoms with Gasteiger partial charge >= 0.3 is 0 Å². The highest BCUT2D eigenvalue weighted by Gasteiger charge is 2.38. The summed E-state index contributed by atoms with van der Waals surface area (Å²) in [4.78, 5) is 26.9. The number of amides is 2. The lowest BCUT2D eigenvalue weighted by Crippen LogP contribution is -2.33. The van der Waals surface area contributed by atoms with Crippen LogP contribution in [0.1, 0.15) is 24.5 Å². The van der Waals surface area contributed by atoms with Crippen molar-refractivity contribution >= 4 is 34.7 Å². The first-order chi connectivity index (χ1) is 12.4. The van der Waals surface area contributed by atoms with Gasteiger partial charge < -0.3 is 5.32 Å². The van der Waals surface area contributed by atoms with Crippen LogP contribution in [0.2, 0.25) is 5.02 Å². The van der Waals surface area contributed by atoms with E-state index in [1.807, 2.05) is 13.8 Å². The smallest absolute Gasteiger partial charge is 0.278 e. The molecule has 0 saturated heterocycles. The van der Waals surface area contributed by atoms with Crippen molar-refractivity contribution in [1.29, 1.82) is 0 Å². The molecule has 26 heavy (non-hydrogen) atoms. The van der Waals surface area contributed by atoms with Gasteiger partial charge in [-0.2, -0.15) is 0 Å². The molecule has 0 atom stereocenters. The number of anilines is 1. The summed E-state index contributed by atoms with van der Waals surface area (Å²) in [5.74, 6) is -1.18. The van der Waals surface area contributed by atoms with Crippen LogP contribution in [-0.4, -0.2) is 23.3 Å². The maximum absolute atomic E-state index is 13.3. The molecule has 0 aromatic heterocycles. The maximum Gasteiger partial charge on any atom is 0.278 e. The number of nitrogens with one attached hydrogen (secondary N) is 1. The van der Waals surface area contributed by atoms with Crippen LogP contribution in [0, 0.1) is 12.7 Å². The molecule has 0 aliphatic carbocycles. The van der Waals surface area contributed by atoms with E-state index < -0.39 is 11.7 Å². The predicted molar refractivity (Wildman–Crippen MR) is 100 cm³/mol. The molecule has 0 fully saturated rings.